The SMILES string of the molecule is O=C(NN=C(c1ccccc1)c1ccccc1)c1ccc(NC(=O)C2CC2)cc1. The molecule has 29 heavy (non-hydrogen) atoms. The van der Waals surface area contributed by atoms with Crippen LogP contribution in [-0.2, 0) is 4.79 Å². The maximum Gasteiger partial charge on any atom is 0.271 e. The molecule has 0 spiro atoms. The van der Waals surface area contributed by atoms with Crippen molar-refractivity contribution in [3.8, 4) is 0 Å². The zero-order valence-corrected chi connectivity index (χ0v) is 15.8. The summed E-state index contributed by atoms with van der Waals surface area (Å²) in [6.45, 7) is 0. The molecule has 4 rings (SSSR count). The van der Waals surface area contributed by atoms with E-state index in [9.17, 15) is 9.59 Å². The lowest BCUT2D eigenvalue weighted by Crippen LogP contribution is -2.20. The molecular formula is C24H21N3O2. The minimum atomic E-state index is -0.311. The Bertz CT molecular complexity index is 983. The van der Waals surface area contributed by atoms with Gasteiger partial charge in [-0.3, -0.25) is 9.59 Å². The number of rotatable bonds is 6. The van der Waals surface area contributed by atoms with Crippen LogP contribution in [-0.4, -0.2) is 17.5 Å². The van der Waals surface area contributed by atoms with Crippen LogP contribution in [0.15, 0.2) is 90.0 Å². The first-order chi connectivity index (χ1) is 14.2. The molecular weight excluding hydrogens is 362 g/mol. The van der Waals surface area contributed by atoms with Gasteiger partial charge in [0.15, 0.2) is 0 Å². The third kappa shape index (κ3) is 4.76. The number of hydrazone groups is 1. The van der Waals surface area contributed by atoms with Gasteiger partial charge in [0, 0.05) is 28.3 Å². The zero-order valence-electron chi connectivity index (χ0n) is 15.8. The Morgan fingerprint density at radius 3 is 1.79 bits per heavy atom. The standard InChI is InChI=1S/C24H21N3O2/c28-23(19-11-12-19)25-21-15-13-20(14-16-21)24(29)27-26-22(17-7-3-1-4-8-17)18-9-5-2-6-10-18/h1-10,13-16,19H,11-12H2,(H,25,28)(H,27,29). The van der Waals surface area contributed by atoms with Crippen molar-refractivity contribution in [2.75, 3.05) is 5.32 Å². The topological polar surface area (TPSA) is 70.6 Å². The van der Waals surface area contributed by atoms with Gasteiger partial charge < -0.3 is 5.32 Å². The molecule has 5 nitrogen and oxygen atoms in total. The number of benzene rings is 3. The Labute approximate surface area is 169 Å². The van der Waals surface area contributed by atoms with Crippen LogP contribution >= 0.6 is 0 Å². The molecule has 0 aromatic heterocycles. The maximum atomic E-state index is 12.6. The maximum absolute atomic E-state index is 12.6. The summed E-state index contributed by atoms with van der Waals surface area (Å²) in [5.74, 6) is -0.127. The van der Waals surface area contributed by atoms with Crippen LogP contribution in [0.1, 0.15) is 34.3 Å². The van der Waals surface area contributed by atoms with Gasteiger partial charge >= 0.3 is 0 Å². The van der Waals surface area contributed by atoms with Crippen molar-refractivity contribution in [3.63, 3.8) is 0 Å². The van der Waals surface area contributed by atoms with Crippen LogP contribution < -0.4 is 10.7 Å². The lowest BCUT2D eigenvalue weighted by molar-refractivity contribution is -0.117. The summed E-state index contributed by atoms with van der Waals surface area (Å²) in [6, 6.07) is 26.2. The summed E-state index contributed by atoms with van der Waals surface area (Å²) in [6.07, 6.45) is 1.91. The highest BCUT2D eigenvalue weighted by Gasteiger charge is 2.29. The van der Waals surface area contributed by atoms with Crippen molar-refractivity contribution in [2.24, 2.45) is 11.0 Å². The second kappa shape index (κ2) is 8.52. The van der Waals surface area contributed by atoms with E-state index in [1.807, 2.05) is 60.7 Å². The summed E-state index contributed by atoms with van der Waals surface area (Å²) < 4.78 is 0. The van der Waals surface area contributed by atoms with Crippen molar-refractivity contribution >= 4 is 23.2 Å². The summed E-state index contributed by atoms with van der Waals surface area (Å²) in [5, 5.41) is 7.26. The minimum absolute atomic E-state index is 0.0437. The number of carbonyl (C=O) groups is 2. The van der Waals surface area contributed by atoms with Gasteiger partial charge in [-0.05, 0) is 37.1 Å². The highest BCUT2D eigenvalue weighted by atomic mass is 16.2. The lowest BCUT2D eigenvalue weighted by Gasteiger charge is -2.09. The Balaban J connectivity index is 1.49. The molecule has 1 saturated carbocycles. The molecule has 1 fully saturated rings. The fourth-order valence-electron chi connectivity index (χ4n) is 2.95. The van der Waals surface area contributed by atoms with Gasteiger partial charge in [-0.2, -0.15) is 5.10 Å². The van der Waals surface area contributed by atoms with Crippen LogP contribution in [0, 0.1) is 5.92 Å². The van der Waals surface area contributed by atoms with Gasteiger partial charge in [-0.25, -0.2) is 5.43 Å². The monoisotopic (exact) mass is 383 g/mol. The van der Waals surface area contributed by atoms with Crippen molar-refractivity contribution in [1.82, 2.24) is 5.43 Å². The average Bonchev–Trinajstić information content (AvgIpc) is 3.61. The number of carbonyl (C=O) groups excluding carboxylic acids is 2. The van der Waals surface area contributed by atoms with Crippen LogP contribution in [0.5, 0.6) is 0 Å². The van der Waals surface area contributed by atoms with E-state index in [2.05, 4.69) is 15.8 Å². The second-order valence-corrected chi connectivity index (χ2v) is 6.97. The van der Waals surface area contributed by atoms with Gasteiger partial charge in [0.1, 0.15) is 0 Å². The van der Waals surface area contributed by atoms with E-state index in [4.69, 9.17) is 0 Å². The van der Waals surface area contributed by atoms with Crippen LogP contribution in [0.2, 0.25) is 0 Å². The normalized spacial score (nSPS) is 12.7. The summed E-state index contributed by atoms with van der Waals surface area (Å²) in [5.41, 5.74) is 6.32. The number of anilines is 1. The minimum Gasteiger partial charge on any atom is -0.326 e. The molecule has 0 saturated heterocycles. The Kier molecular flexibility index (Phi) is 5.47. The first-order valence-corrected chi connectivity index (χ1v) is 9.60. The molecule has 0 atom stereocenters. The molecule has 3 aromatic rings. The van der Waals surface area contributed by atoms with Crippen molar-refractivity contribution in [3.05, 3.63) is 102 Å². The molecule has 2 N–H and O–H groups in total. The molecule has 1 aliphatic carbocycles. The van der Waals surface area contributed by atoms with E-state index in [1.54, 1.807) is 24.3 Å². The van der Waals surface area contributed by atoms with E-state index in [1.165, 1.54) is 0 Å². The predicted octanol–water partition coefficient (Wildman–Crippen LogP) is 4.22. The molecule has 144 valence electrons. The van der Waals surface area contributed by atoms with Gasteiger partial charge in [0.25, 0.3) is 5.91 Å². The average molecular weight is 383 g/mol. The number of hydrogen-bond donors (Lipinski definition) is 2. The molecule has 2 amide bonds. The summed E-state index contributed by atoms with van der Waals surface area (Å²) >= 11 is 0. The van der Waals surface area contributed by atoms with Crippen LogP contribution in [0.25, 0.3) is 0 Å². The van der Waals surface area contributed by atoms with E-state index < -0.39 is 0 Å². The van der Waals surface area contributed by atoms with Crippen molar-refractivity contribution < 1.29 is 9.59 Å². The van der Waals surface area contributed by atoms with Crippen molar-refractivity contribution in [2.45, 2.75) is 12.8 Å². The summed E-state index contributed by atoms with van der Waals surface area (Å²) in [4.78, 5) is 24.4. The molecule has 1 aliphatic rings. The highest BCUT2D eigenvalue weighted by Crippen LogP contribution is 2.30. The van der Waals surface area contributed by atoms with E-state index in [0.29, 0.717) is 17.0 Å². The van der Waals surface area contributed by atoms with Gasteiger partial charge in [0.2, 0.25) is 5.91 Å². The predicted molar refractivity (Wildman–Crippen MR) is 114 cm³/mol. The zero-order chi connectivity index (χ0) is 20.1. The molecule has 3 aromatic carbocycles. The smallest absolute Gasteiger partial charge is 0.271 e. The number of hydrogen-bond acceptors (Lipinski definition) is 3. The fourth-order valence-corrected chi connectivity index (χ4v) is 2.95. The van der Waals surface area contributed by atoms with Crippen LogP contribution in [0.4, 0.5) is 5.69 Å². The first kappa shape index (κ1) is 18.6. The Morgan fingerprint density at radius 2 is 1.28 bits per heavy atom. The number of amides is 2. The number of nitrogens with zero attached hydrogens (tertiary/aromatic N) is 1. The Hall–Kier alpha value is -3.73. The van der Waals surface area contributed by atoms with Crippen LogP contribution in [0.3, 0.4) is 0 Å². The second-order valence-electron chi connectivity index (χ2n) is 6.97. The molecule has 0 unspecified atom stereocenters. The van der Waals surface area contributed by atoms with Gasteiger partial charge in [-0.1, -0.05) is 60.7 Å². The Morgan fingerprint density at radius 1 is 0.724 bits per heavy atom. The van der Waals surface area contributed by atoms with E-state index >= 15 is 0 Å². The largest absolute Gasteiger partial charge is 0.326 e. The first-order valence-electron chi connectivity index (χ1n) is 9.60. The molecule has 5 heteroatoms. The van der Waals surface area contributed by atoms with Crippen molar-refractivity contribution in [1.29, 1.82) is 0 Å². The molecule has 0 radical (unpaired) electrons. The van der Waals surface area contributed by atoms with Gasteiger partial charge in [-0.15, -0.1) is 0 Å². The third-order valence-electron chi connectivity index (χ3n) is 4.73. The van der Waals surface area contributed by atoms with Gasteiger partial charge in [0.05, 0.1) is 5.71 Å². The molecule has 0 aliphatic heterocycles. The van der Waals surface area contributed by atoms with E-state index in [0.717, 1.165) is 24.0 Å². The molecule has 0 heterocycles. The molecule has 0 bridgehead atoms. The third-order valence-corrected chi connectivity index (χ3v) is 4.73. The highest BCUT2D eigenvalue weighted by molar-refractivity contribution is 6.13. The fraction of sp³-hybridized carbons (Fsp3) is 0.125. The summed E-state index contributed by atoms with van der Waals surface area (Å²) in [7, 11) is 0. The van der Waals surface area contributed by atoms with E-state index in [-0.39, 0.29) is 17.7 Å². The quantitative estimate of drug-likeness (QED) is 0.494. The number of nitrogens with one attached hydrogen (secondary N) is 2. The lowest BCUT2D eigenvalue weighted by atomic mass is 10.0.